The molecule has 0 fully saturated rings. The highest BCUT2D eigenvalue weighted by atomic mass is 32.2. The molecule has 0 aliphatic carbocycles. The first-order valence-electron chi connectivity index (χ1n) is 2.36. The molecule has 0 rings (SSSR count). The Hall–Kier alpha value is -0.400. The van der Waals surface area contributed by atoms with Crippen molar-refractivity contribution in [3.63, 3.8) is 0 Å². The fourth-order valence-corrected chi connectivity index (χ4v) is 0.735. The molecule has 0 aliphatic heterocycles. The van der Waals surface area contributed by atoms with Gasteiger partial charge in [-0.15, -0.1) is 0 Å². The Labute approximate surface area is 64.6 Å². The summed E-state index contributed by atoms with van der Waals surface area (Å²) in [5.74, 6) is -0.563. The summed E-state index contributed by atoms with van der Waals surface area (Å²) in [6, 6.07) is 0. The van der Waals surface area contributed by atoms with Crippen LogP contribution in [0.4, 0.5) is 0 Å². The van der Waals surface area contributed by atoms with Gasteiger partial charge in [-0.05, 0) is 12.2 Å². The summed E-state index contributed by atoms with van der Waals surface area (Å²) in [7, 11) is -2.43. The van der Waals surface area contributed by atoms with Gasteiger partial charge in [0, 0.05) is 7.05 Å². The van der Waals surface area contributed by atoms with E-state index in [1.807, 2.05) is 0 Å². The van der Waals surface area contributed by atoms with Crippen molar-refractivity contribution in [1.29, 1.82) is 0 Å². The maximum Gasteiger partial charge on any atom is 0.283 e. The standard InChI is InChI=1S/C3H8N2O3S2/c1-4-3(9)5-2-10(6,7)8/h2H2,1H3,(H2,4,5,9)(H,6,7,8). The first kappa shape index (κ1) is 9.60. The van der Waals surface area contributed by atoms with Crippen LogP contribution in [0.15, 0.2) is 0 Å². The van der Waals surface area contributed by atoms with E-state index in [2.05, 4.69) is 22.9 Å². The zero-order valence-electron chi connectivity index (χ0n) is 5.29. The van der Waals surface area contributed by atoms with E-state index in [9.17, 15) is 8.42 Å². The summed E-state index contributed by atoms with van der Waals surface area (Å²) < 4.78 is 28.3. The molecule has 5 nitrogen and oxygen atoms in total. The van der Waals surface area contributed by atoms with Gasteiger partial charge in [0.05, 0.1) is 0 Å². The molecule has 0 aliphatic rings. The zero-order valence-corrected chi connectivity index (χ0v) is 6.92. The normalized spacial score (nSPS) is 10.6. The number of thiocarbonyl (C=S) groups is 1. The Kier molecular flexibility index (Phi) is 3.54. The Morgan fingerprint density at radius 3 is 2.50 bits per heavy atom. The van der Waals surface area contributed by atoms with E-state index in [0.717, 1.165) is 0 Å². The Morgan fingerprint density at radius 1 is 1.70 bits per heavy atom. The molecule has 0 unspecified atom stereocenters. The number of hydrogen-bond donors (Lipinski definition) is 3. The van der Waals surface area contributed by atoms with Gasteiger partial charge in [0.2, 0.25) is 0 Å². The lowest BCUT2D eigenvalue weighted by Gasteiger charge is -2.02. The van der Waals surface area contributed by atoms with Crippen molar-refractivity contribution >= 4 is 27.4 Å². The molecule has 0 spiro atoms. The second-order valence-electron chi connectivity index (χ2n) is 1.48. The molecule has 60 valence electrons. The average Bonchev–Trinajstić information content (AvgIpc) is 1.81. The number of hydrogen-bond acceptors (Lipinski definition) is 3. The molecule has 3 N–H and O–H groups in total. The topological polar surface area (TPSA) is 78.4 Å². The van der Waals surface area contributed by atoms with E-state index in [0.29, 0.717) is 0 Å². The summed E-state index contributed by atoms with van der Waals surface area (Å²) in [5, 5.41) is 4.92. The highest BCUT2D eigenvalue weighted by Crippen LogP contribution is 1.75. The SMILES string of the molecule is CNC(=S)NCS(=O)(=O)O. The maximum atomic E-state index is 10.1. The predicted octanol–water partition coefficient (Wildman–Crippen LogP) is -1.07. The minimum atomic E-state index is -3.97. The molecule has 0 aromatic carbocycles. The maximum absolute atomic E-state index is 10.1. The number of nitrogens with one attached hydrogen (secondary N) is 2. The van der Waals surface area contributed by atoms with Crippen molar-refractivity contribution in [2.75, 3.05) is 12.9 Å². The van der Waals surface area contributed by atoms with Crippen LogP contribution in [0.1, 0.15) is 0 Å². The first-order valence-corrected chi connectivity index (χ1v) is 4.38. The molecule has 0 aromatic rings. The molecule has 0 amide bonds. The fourth-order valence-electron chi connectivity index (χ4n) is 0.245. The molecular weight excluding hydrogens is 176 g/mol. The van der Waals surface area contributed by atoms with Gasteiger partial charge in [-0.25, -0.2) is 0 Å². The third-order valence-corrected chi connectivity index (χ3v) is 1.50. The minimum Gasteiger partial charge on any atom is -0.366 e. The van der Waals surface area contributed by atoms with Gasteiger partial charge in [-0.3, -0.25) is 4.55 Å². The van der Waals surface area contributed by atoms with E-state index < -0.39 is 16.0 Å². The van der Waals surface area contributed by atoms with Crippen molar-refractivity contribution in [3.8, 4) is 0 Å². The predicted molar refractivity (Wildman–Crippen MR) is 41.2 cm³/mol. The van der Waals surface area contributed by atoms with Crippen LogP contribution in [-0.4, -0.2) is 31.0 Å². The van der Waals surface area contributed by atoms with E-state index in [4.69, 9.17) is 4.55 Å². The summed E-state index contributed by atoms with van der Waals surface area (Å²) >= 11 is 4.53. The molecule has 7 heteroatoms. The lowest BCUT2D eigenvalue weighted by atomic mass is 11.0. The molecule has 0 saturated carbocycles. The molecule has 10 heavy (non-hydrogen) atoms. The minimum absolute atomic E-state index is 0.178. The largest absolute Gasteiger partial charge is 0.366 e. The van der Waals surface area contributed by atoms with Crippen molar-refractivity contribution in [1.82, 2.24) is 10.6 Å². The van der Waals surface area contributed by atoms with Crippen LogP contribution in [0.5, 0.6) is 0 Å². The first-order chi connectivity index (χ1) is 4.45. The second kappa shape index (κ2) is 3.69. The van der Waals surface area contributed by atoms with E-state index in [1.54, 1.807) is 7.05 Å². The monoisotopic (exact) mass is 184 g/mol. The number of rotatable bonds is 2. The van der Waals surface area contributed by atoms with Gasteiger partial charge in [-0.2, -0.15) is 8.42 Å². The van der Waals surface area contributed by atoms with Gasteiger partial charge >= 0.3 is 0 Å². The van der Waals surface area contributed by atoms with Crippen molar-refractivity contribution in [2.24, 2.45) is 0 Å². The van der Waals surface area contributed by atoms with Crippen LogP contribution in [0.3, 0.4) is 0 Å². The van der Waals surface area contributed by atoms with Gasteiger partial charge in [0.15, 0.2) is 5.11 Å². The van der Waals surface area contributed by atoms with Crippen LogP contribution < -0.4 is 10.6 Å². The second-order valence-corrected chi connectivity index (χ2v) is 3.34. The van der Waals surface area contributed by atoms with Crippen molar-refractivity contribution < 1.29 is 13.0 Å². The van der Waals surface area contributed by atoms with E-state index in [-0.39, 0.29) is 5.11 Å². The van der Waals surface area contributed by atoms with E-state index >= 15 is 0 Å². The zero-order chi connectivity index (χ0) is 8.20. The van der Waals surface area contributed by atoms with Gasteiger partial charge in [0.25, 0.3) is 10.1 Å². The molecule has 0 bridgehead atoms. The van der Waals surface area contributed by atoms with Gasteiger partial charge < -0.3 is 10.6 Å². The lowest BCUT2D eigenvalue weighted by molar-refractivity contribution is 0.481. The Morgan fingerprint density at radius 2 is 2.20 bits per heavy atom. The highest BCUT2D eigenvalue weighted by Gasteiger charge is 2.02. The molecule has 0 heterocycles. The van der Waals surface area contributed by atoms with Crippen molar-refractivity contribution in [3.05, 3.63) is 0 Å². The van der Waals surface area contributed by atoms with Crippen LogP contribution in [0.25, 0.3) is 0 Å². The van der Waals surface area contributed by atoms with Crippen LogP contribution >= 0.6 is 12.2 Å². The molecule has 0 atom stereocenters. The lowest BCUT2D eigenvalue weighted by Crippen LogP contribution is -2.35. The third-order valence-electron chi connectivity index (χ3n) is 0.642. The van der Waals surface area contributed by atoms with Crippen LogP contribution in [0, 0.1) is 0 Å². The summed E-state index contributed by atoms with van der Waals surface area (Å²) in [6.07, 6.45) is 0. The molecule has 0 radical (unpaired) electrons. The molecular formula is C3H8N2O3S2. The molecule has 0 aromatic heterocycles. The van der Waals surface area contributed by atoms with Gasteiger partial charge in [-0.1, -0.05) is 0 Å². The molecule has 0 saturated heterocycles. The van der Waals surface area contributed by atoms with E-state index in [1.165, 1.54) is 0 Å². The summed E-state index contributed by atoms with van der Waals surface area (Å²) in [4.78, 5) is 0. The Bertz CT molecular complexity index is 210. The quantitative estimate of drug-likeness (QED) is 0.374. The highest BCUT2D eigenvalue weighted by molar-refractivity contribution is 7.85. The fraction of sp³-hybridized carbons (Fsp3) is 0.667. The average molecular weight is 184 g/mol. The summed E-state index contributed by atoms with van der Waals surface area (Å²) in [6.45, 7) is 0. The van der Waals surface area contributed by atoms with Crippen molar-refractivity contribution in [2.45, 2.75) is 0 Å². The Balaban J connectivity index is 3.67. The van der Waals surface area contributed by atoms with Crippen LogP contribution in [0.2, 0.25) is 0 Å². The van der Waals surface area contributed by atoms with Gasteiger partial charge in [0.1, 0.15) is 5.88 Å². The van der Waals surface area contributed by atoms with Crippen LogP contribution in [-0.2, 0) is 10.1 Å². The summed E-state index contributed by atoms with van der Waals surface area (Å²) in [5.41, 5.74) is 0. The smallest absolute Gasteiger partial charge is 0.283 e. The third kappa shape index (κ3) is 5.73.